The van der Waals surface area contributed by atoms with Crippen molar-refractivity contribution in [2.75, 3.05) is 46.6 Å². The standard InChI is InChI=1S/C13H25NO3/c1-11(2)8-14(5-7-16-3)9-13(15)12-4-6-17-10-12/h11-12H,4-10H2,1-3H3. The Morgan fingerprint density at radius 1 is 1.53 bits per heavy atom. The summed E-state index contributed by atoms with van der Waals surface area (Å²) < 4.78 is 10.3. The number of hydrogen-bond donors (Lipinski definition) is 0. The third-order valence-corrected chi connectivity index (χ3v) is 3.00. The summed E-state index contributed by atoms with van der Waals surface area (Å²) in [6.45, 7) is 8.68. The number of ether oxygens (including phenoxy) is 2. The summed E-state index contributed by atoms with van der Waals surface area (Å²) >= 11 is 0. The molecule has 0 bridgehead atoms. The van der Waals surface area contributed by atoms with Crippen LogP contribution in [-0.2, 0) is 14.3 Å². The number of carbonyl (C=O) groups excluding carboxylic acids is 1. The van der Waals surface area contributed by atoms with Gasteiger partial charge in [0, 0.05) is 32.7 Å². The Morgan fingerprint density at radius 3 is 2.82 bits per heavy atom. The van der Waals surface area contributed by atoms with Crippen LogP contribution < -0.4 is 0 Å². The van der Waals surface area contributed by atoms with Crippen LogP contribution in [0, 0.1) is 11.8 Å². The Labute approximate surface area is 104 Å². The van der Waals surface area contributed by atoms with Crippen LogP contribution in [-0.4, -0.2) is 57.2 Å². The Kier molecular flexibility index (Phi) is 6.70. The molecular weight excluding hydrogens is 218 g/mol. The maximum absolute atomic E-state index is 12.0. The third-order valence-electron chi connectivity index (χ3n) is 3.00. The molecule has 0 aromatic rings. The van der Waals surface area contributed by atoms with Gasteiger partial charge in [-0.3, -0.25) is 9.69 Å². The molecule has 17 heavy (non-hydrogen) atoms. The zero-order valence-electron chi connectivity index (χ0n) is 11.3. The number of ketones is 1. The van der Waals surface area contributed by atoms with Gasteiger partial charge in [-0.25, -0.2) is 0 Å². The lowest BCUT2D eigenvalue weighted by molar-refractivity contribution is -0.124. The van der Waals surface area contributed by atoms with Gasteiger partial charge in [-0.05, 0) is 12.3 Å². The molecule has 0 spiro atoms. The maximum atomic E-state index is 12.0. The number of methoxy groups -OCH3 is 1. The van der Waals surface area contributed by atoms with Crippen LogP contribution in [0.2, 0.25) is 0 Å². The average Bonchev–Trinajstić information content (AvgIpc) is 2.78. The van der Waals surface area contributed by atoms with Gasteiger partial charge in [0.2, 0.25) is 0 Å². The molecule has 1 atom stereocenters. The molecular formula is C13H25NO3. The molecule has 1 unspecified atom stereocenters. The predicted octanol–water partition coefficient (Wildman–Crippen LogP) is 1.20. The first-order valence-corrected chi connectivity index (χ1v) is 6.45. The summed E-state index contributed by atoms with van der Waals surface area (Å²) in [5, 5.41) is 0. The van der Waals surface area contributed by atoms with Crippen molar-refractivity contribution in [3.8, 4) is 0 Å². The monoisotopic (exact) mass is 243 g/mol. The highest BCUT2D eigenvalue weighted by atomic mass is 16.5. The van der Waals surface area contributed by atoms with Crippen molar-refractivity contribution >= 4 is 5.78 Å². The normalized spacial score (nSPS) is 20.4. The quantitative estimate of drug-likeness (QED) is 0.642. The smallest absolute Gasteiger partial charge is 0.152 e. The van der Waals surface area contributed by atoms with E-state index in [9.17, 15) is 4.79 Å². The average molecular weight is 243 g/mol. The molecule has 0 aliphatic carbocycles. The molecule has 1 fully saturated rings. The summed E-state index contributed by atoms with van der Waals surface area (Å²) in [6.07, 6.45) is 0.888. The summed E-state index contributed by atoms with van der Waals surface area (Å²) in [4.78, 5) is 14.2. The first-order valence-electron chi connectivity index (χ1n) is 6.45. The Bertz CT molecular complexity index is 225. The highest BCUT2D eigenvalue weighted by Gasteiger charge is 2.25. The van der Waals surface area contributed by atoms with Crippen molar-refractivity contribution in [2.45, 2.75) is 20.3 Å². The van der Waals surface area contributed by atoms with Gasteiger partial charge in [-0.2, -0.15) is 0 Å². The highest BCUT2D eigenvalue weighted by molar-refractivity contribution is 5.83. The van der Waals surface area contributed by atoms with E-state index in [-0.39, 0.29) is 5.92 Å². The van der Waals surface area contributed by atoms with Gasteiger partial charge in [0.1, 0.15) is 0 Å². The molecule has 100 valence electrons. The van der Waals surface area contributed by atoms with E-state index in [1.165, 1.54) is 0 Å². The third kappa shape index (κ3) is 5.61. The number of hydrogen-bond acceptors (Lipinski definition) is 4. The molecule has 4 heteroatoms. The molecule has 1 saturated heterocycles. The zero-order chi connectivity index (χ0) is 12.7. The van der Waals surface area contributed by atoms with Crippen LogP contribution >= 0.6 is 0 Å². The van der Waals surface area contributed by atoms with Gasteiger partial charge >= 0.3 is 0 Å². The van der Waals surface area contributed by atoms with E-state index in [4.69, 9.17) is 9.47 Å². The van der Waals surface area contributed by atoms with Crippen molar-refractivity contribution in [3.05, 3.63) is 0 Å². The Hall–Kier alpha value is -0.450. The fraction of sp³-hybridized carbons (Fsp3) is 0.923. The Morgan fingerprint density at radius 2 is 2.29 bits per heavy atom. The van der Waals surface area contributed by atoms with E-state index in [2.05, 4.69) is 18.7 Å². The maximum Gasteiger partial charge on any atom is 0.152 e. The van der Waals surface area contributed by atoms with Gasteiger partial charge in [-0.15, -0.1) is 0 Å². The highest BCUT2D eigenvalue weighted by Crippen LogP contribution is 2.14. The molecule has 0 aromatic heterocycles. The van der Waals surface area contributed by atoms with Crippen LogP contribution in [0.3, 0.4) is 0 Å². The number of carbonyl (C=O) groups is 1. The van der Waals surface area contributed by atoms with Crippen LogP contribution in [0.5, 0.6) is 0 Å². The van der Waals surface area contributed by atoms with E-state index < -0.39 is 0 Å². The van der Waals surface area contributed by atoms with Crippen molar-refractivity contribution in [1.82, 2.24) is 4.90 Å². The number of nitrogens with zero attached hydrogens (tertiary/aromatic N) is 1. The topological polar surface area (TPSA) is 38.8 Å². The lowest BCUT2D eigenvalue weighted by Crippen LogP contribution is -2.37. The minimum atomic E-state index is 0.118. The van der Waals surface area contributed by atoms with Crippen molar-refractivity contribution in [3.63, 3.8) is 0 Å². The zero-order valence-corrected chi connectivity index (χ0v) is 11.3. The molecule has 1 aliphatic rings. The van der Waals surface area contributed by atoms with E-state index in [0.29, 0.717) is 31.5 Å². The second kappa shape index (κ2) is 7.80. The van der Waals surface area contributed by atoms with Crippen LogP contribution in [0.4, 0.5) is 0 Å². The number of Topliss-reactive ketones (excluding diaryl/α,β-unsaturated/α-hetero) is 1. The van der Waals surface area contributed by atoms with Crippen molar-refractivity contribution in [2.24, 2.45) is 11.8 Å². The van der Waals surface area contributed by atoms with Gasteiger partial charge in [-0.1, -0.05) is 13.8 Å². The van der Waals surface area contributed by atoms with Gasteiger partial charge in [0.25, 0.3) is 0 Å². The van der Waals surface area contributed by atoms with Crippen LogP contribution in [0.25, 0.3) is 0 Å². The predicted molar refractivity (Wildman–Crippen MR) is 67.1 cm³/mol. The summed E-state index contributed by atoms with van der Waals surface area (Å²) in [5.74, 6) is 1.01. The molecule has 0 aromatic carbocycles. The van der Waals surface area contributed by atoms with Crippen molar-refractivity contribution < 1.29 is 14.3 Å². The largest absolute Gasteiger partial charge is 0.383 e. The first kappa shape index (κ1) is 14.6. The van der Waals surface area contributed by atoms with Gasteiger partial charge in [0.15, 0.2) is 5.78 Å². The van der Waals surface area contributed by atoms with Gasteiger partial charge < -0.3 is 9.47 Å². The van der Waals surface area contributed by atoms with Crippen LogP contribution in [0.1, 0.15) is 20.3 Å². The van der Waals surface area contributed by atoms with E-state index >= 15 is 0 Å². The molecule has 0 radical (unpaired) electrons. The lowest BCUT2D eigenvalue weighted by Gasteiger charge is -2.24. The van der Waals surface area contributed by atoms with E-state index in [0.717, 1.165) is 26.1 Å². The lowest BCUT2D eigenvalue weighted by atomic mass is 10.0. The number of rotatable bonds is 8. The summed E-state index contributed by atoms with van der Waals surface area (Å²) in [7, 11) is 1.69. The fourth-order valence-electron chi connectivity index (χ4n) is 2.11. The molecule has 1 heterocycles. The van der Waals surface area contributed by atoms with E-state index in [1.54, 1.807) is 7.11 Å². The van der Waals surface area contributed by atoms with Crippen molar-refractivity contribution in [1.29, 1.82) is 0 Å². The minimum absolute atomic E-state index is 0.118. The first-order chi connectivity index (χ1) is 8.13. The molecule has 0 saturated carbocycles. The van der Waals surface area contributed by atoms with Crippen LogP contribution in [0.15, 0.2) is 0 Å². The molecule has 0 N–H and O–H groups in total. The second-order valence-corrected chi connectivity index (χ2v) is 5.15. The molecule has 0 amide bonds. The second-order valence-electron chi connectivity index (χ2n) is 5.15. The minimum Gasteiger partial charge on any atom is -0.383 e. The molecule has 1 rings (SSSR count). The fourth-order valence-corrected chi connectivity index (χ4v) is 2.11. The van der Waals surface area contributed by atoms with Gasteiger partial charge in [0.05, 0.1) is 19.8 Å². The summed E-state index contributed by atoms with van der Waals surface area (Å²) in [5.41, 5.74) is 0. The SMILES string of the molecule is COCCN(CC(=O)C1CCOC1)CC(C)C. The Balaban J connectivity index is 2.37. The summed E-state index contributed by atoms with van der Waals surface area (Å²) in [6, 6.07) is 0. The molecule has 1 aliphatic heterocycles. The molecule has 4 nitrogen and oxygen atoms in total. The van der Waals surface area contributed by atoms with E-state index in [1.807, 2.05) is 0 Å².